The van der Waals surface area contributed by atoms with E-state index in [4.69, 9.17) is 9.47 Å². The van der Waals surface area contributed by atoms with Crippen LogP contribution >= 0.6 is 0 Å². The summed E-state index contributed by atoms with van der Waals surface area (Å²) < 4.78 is 24.1. The van der Waals surface area contributed by atoms with Crippen molar-refractivity contribution in [1.29, 1.82) is 0 Å². The Morgan fingerprint density at radius 1 is 1.05 bits per heavy atom. The highest BCUT2D eigenvalue weighted by molar-refractivity contribution is 5.61. The highest BCUT2D eigenvalue weighted by atomic mass is 19.1. The van der Waals surface area contributed by atoms with Gasteiger partial charge in [0.05, 0.1) is 13.2 Å². The van der Waals surface area contributed by atoms with Crippen molar-refractivity contribution in [3.05, 3.63) is 42.3 Å². The Morgan fingerprint density at radius 2 is 1.80 bits per heavy atom. The fourth-order valence-corrected chi connectivity index (χ4v) is 1.75. The van der Waals surface area contributed by atoms with Crippen LogP contribution in [0.1, 0.15) is 13.8 Å². The smallest absolute Gasteiger partial charge is 0.214 e. The van der Waals surface area contributed by atoms with Gasteiger partial charge in [-0.1, -0.05) is 6.07 Å². The summed E-state index contributed by atoms with van der Waals surface area (Å²) in [6, 6.07) is 10.1. The van der Waals surface area contributed by atoms with Crippen molar-refractivity contribution in [3.8, 4) is 11.5 Å². The second-order valence-corrected chi connectivity index (χ2v) is 4.00. The quantitative estimate of drug-likeness (QED) is 0.816. The molecule has 0 aliphatic rings. The molecule has 0 unspecified atom stereocenters. The Bertz CT molecular complexity index is 576. The number of nitrogens with one attached hydrogen (secondary N) is 1. The molecule has 0 bridgehead atoms. The Labute approximate surface area is 117 Å². The van der Waals surface area contributed by atoms with E-state index >= 15 is 0 Å². The molecule has 0 aliphatic carbocycles. The van der Waals surface area contributed by atoms with E-state index in [0.717, 1.165) is 5.69 Å². The number of benzene rings is 1. The van der Waals surface area contributed by atoms with Gasteiger partial charge in [0.15, 0.2) is 11.5 Å². The van der Waals surface area contributed by atoms with Gasteiger partial charge in [-0.25, -0.2) is 4.98 Å². The minimum Gasteiger partial charge on any atom is -0.490 e. The largest absolute Gasteiger partial charge is 0.490 e. The van der Waals surface area contributed by atoms with Gasteiger partial charge in [0.25, 0.3) is 0 Å². The number of halogens is 1. The third kappa shape index (κ3) is 3.60. The van der Waals surface area contributed by atoms with Crippen LogP contribution in [0.3, 0.4) is 0 Å². The van der Waals surface area contributed by atoms with E-state index in [1.807, 2.05) is 26.0 Å². The molecule has 1 aromatic heterocycles. The molecule has 20 heavy (non-hydrogen) atoms. The molecule has 1 N–H and O–H groups in total. The zero-order valence-electron chi connectivity index (χ0n) is 11.5. The monoisotopic (exact) mass is 276 g/mol. The molecule has 0 atom stereocenters. The first kappa shape index (κ1) is 14.1. The molecule has 4 nitrogen and oxygen atoms in total. The molecular weight excluding hydrogens is 259 g/mol. The molecule has 106 valence electrons. The Hall–Kier alpha value is -2.30. The van der Waals surface area contributed by atoms with Crippen LogP contribution in [-0.2, 0) is 0 Å². The third-order valence-corrected chi connectivity index (χ3v) is 2.53. The number of aromatic nitrogens is 1. The van der Waals surface area contributed by atoms with E-state index in [2.05, 4.69) is 10.3 Å². The number of hydrogen-bond acceptors (Lipinski definition) is 4. The molecule has 2 rings (SSSR count). The van der Waals surface area contributed by atoms with Gasteiger partial charge in [-0.05, 0) is 38.1 Å². The molecular formula is C15H17FN2O2. The Balaban J connectivity index is 2.22. The average Bonchev–Trinajstić information content (AvgIpc) is 2.42. The van der Waals surface area contributed by atoms with E-state index in [0.29, 0.717) is 30.5 Å². The second kappa shape index (κ2) is 6.75. The predicted octanol–water partition coefficient (Wildman–Crippen LogP) is 3.76. The molecule has 0 radical (unpaired) electrons. The highest BCUT2D eigenvalue weighted by Crippen LogP contribution is 2.31. The van der Waals surface area contributed by atoms with E-state index in [-0.39, 0.29) is 0 Å². The SMILES string of the molecule is CCOc1ccc(Nc2cccc(F)n2)cc1OCC. The number of ether oxygens (including phenoxy) is 2. The first-order valence-electron chi connectivity index (χ1n) is 6.52. The van der Waals surface area contributed by atoms with Crippen molar-refractivity contribution in [2.45, 2.75) is 13.8 Å². The molecule has 0 saturated carbocycles. The van der Waals surface area contributed by atoms with Crippen LogP contribution in [0, 0.1) is 5.95 Å². The summed E-state index contributed by atoms with van der Waals surface area (Å²) in [5.74, 6) is 1.26. The first-order chi connectivity index (χ1) is 9.72. The number of hydrogen-bond donors (Lipinski definition) is 1. The van der Waals surface area contributed by atoms with Crippen molar-refractivity contribution in [3.63, 3.8) is 0 Å². The van der Waals surface area contributed by atoms with E-state index in [1.165, 1.54) is 6.07 Å². The lowest BCUT2D eigenvalue weighted by Gasteiger charge is -2.13. The van der Waals surface area contributed by atoms with Gasteiger partial charge < -0.3 is 14.8 Å². The van der Waals surface area contributed by atoms with Crippen LogP contribution in [0.25, 0.3) is 0 Å². The average molecular weight is 276 g/mol. The van der Waals surface area contributed by atoms with Gasteiger partial charge in [-0.2, -0.15) is 4.39 Å². The summed E-state index contributed by atoms with van der Waals surface area (Å²) in [6.45, 7) is 4.93. The van der Waals surface area contributed by atoms with Gasteiger partial charge in [0.1, 0.15) is 5.82 Å². The second-order valence-electron chi connectivity index (χ2n) is 4.00. The first-order valence-corrected chi connectivity index (χ1v) is 6.52. The Kier molecular flexibility index (Phi) is 4.76. The molecule has 0 amide bonds. The fraction of sp³-hybridized carbons (Fsp3) is 0.267. The lowest BCUT2D eigenvalue weighted by molar-refractivity contribution is 0.288. The number of pyridine rings is 1. The topological polar surface area (TPSA) is 43.4 Å². The summed E-state index contributed by atoms with van der Waals surface area (Å²) in [4.78, 5) is 3.75. The van der Waals surface area contributed by atoms with Gasteiger partial charge in [0.2, 0.25) is 5.95 Å². The van der Waals surface area contributed by atoms with Gasteiger partial charge in [-0.3, -0.25) is 0 Å². The van der Waals surface area contributed by atoms with Crippen LogP contribution in [-0.4, -0.2) is 18.2 Å². The maximum Gasteiger partial charge on any atom is 0.214 e. The van der Waals surface area contributed by atoms with Crippen molar-refractivity contribution < 1.29 is 13.9 Å². The summed E-state index contributed by atoms with van der Waals surface area (Å²) in [6.07, 6.45) is 0. The summed E-state index contributed by atoms with van der Waals surface area (Å²) in [5, 5.41) is 3.03. The maximum absolute atomic E-state index is 13.0. The summed E-state index contributed by atoms with van der Waals surface area (Å²) in [5.41, 5.74) is 0.759. The zero-order chi connectivity index (χ0) is 14.4. The number of anilines is 2. The standard InChI is InChI=1S/C15H17FN2O2/c1-3-19-12-9-8-11(10-13(12)20-4-2)17-15-7-5-6-14(16)18-15/h5-10H,3-4H2,1-2H3,(H,17,18). The summed E-state index contributed by atoms with van der Waals surface area (Å²) in [7, 11) is 0. The Morgan fingerprint density at radius 3 is 2.50 bits per heavy atom. The van der Waals surface area contributed by atoms with Crippen LogP contribution in [0.15, 0.2) is 36.4 Å². The van der Waals surface area contributed by atoms with Crippen LogP contribution in [0.5, 0.6) is 11.5 Å². The molecule has 0 saturated heterocycles. The molecule has 0 aliphatic heterocycles. The lowest BCUT2D eigenvalue weighted by Crippen LogP contribution is -2.00. The molecule has 1 heterocycles. The normalized spacial score (nSPS) is 10.2. The zero-order valence-corrected chi connectivity index (χ0v) is 11.5. The highest BCUT2D eigenvalue weighted by Gasteiger charge is 2.07. The molecule has 1 aromatic carbocycles. The van der Waals surface area contributed by atoms with Crippen molar-refractivity contribution >= 4 is 11.5 Å². The minimum atomic E-state index is -0.522. The maximum atomic E-state index is 13.0. The predicted molar refractivity (Wildman–Crippen MR) is 76.3 cm³/mol. The van der Waals surface area contributed by atoms with E-state index in [1.54, 1.807) is 18.2 Å². The van der Waals surface area contributed by atoms with Gasteiger partial charge in [0, 0.05) is 11.8 Å². The number of rotatable bonds is 6. The van der Waals surface area contributed by atoms with Crippen molar-refractivity contribution in [2.75, 3.05) is 18.5 Å². The van der Waals surface area contributed by atoms with Crippen LogP contribution in [0.4, 0.5) is 15.9 Å². The molecule has 5 heteroatoms. The van der Waals surface area contributed by atoms with E-state index in [9.17, 15) is 4.39 Å². The molecule has 0 spiro atoms. The molecule has 0 fully saturated rings. The van der Waals surface area contributed by atoms with Crippen LogP contribution in [0.2, 0.25) is 0 Å². The number of nitrogens with zero attached hydrogens (tertiary/aromatic N) is 1. The molecule has 2 aromatic rings. The van der Waals surface area contributed by atoms with Crippen LogP contribution < -0.4 is 14.8 Å². The lowest BCUT2D eigenvalue weighted by atomic mass is 10.2. The van der Waals surface area contributed by atoms with Gasteiger partial charge >= 0.3 is 0 Å². The van der Waals surface area contributed by atoms with E-state index < -0.39 is 5.95 Å². The third-order valence-electron chi connectivity index (χ3n) is 2.53. The van der Waals surface area contributed by atoms with Gasteiger partial charge in [-0.15, -0.1) is 0 Å². The minimum absolute atomic E-state index is 0.441. The van der Waals surface area contributed by atoms with Crippen molar-refractivity contribution in [2.24, 2.45) is 0 Å². The fourth-order valence-electron chi connectivity index (χ4n) is 1.75. The van der Waals surface area contributed by atoms with Crippen molar-refractivity contribution in [1.82, 2.24) is 4.98 Å². The summed E-state index contributed by atoms with van der Waals surface area (Å²) >= 11 is 0.